The van der Waals surface area contributed by atoms with E-state index in [4.69, 9.17) is 11.6 Å². The molecule has 0 spiro atoms. The zero-order valence-electron chi connectivity index (χ0n) is 13.4. The molecule has 5 nitrogen and oxygen atoms in total. The zero-order valence-corrected chi connectivity index (χ0v) is 14.1. The third kappa shape index (κ3) is 2.12. The molecule has 25 heavy (non-hydrogen) atoms. The number of imide groups is 1. The Kier molecular flexibility index (Phi) is 3.16. The highest BCUT2D eigenvalue weighted by atomic mass is 35.5. The van der Waals surface area contributed by atoms with Crippen LogP contribution in [0.4, 0.5) is 5.82 Å². The minimum absolute atomic E-state index is 0.102. The first-order valence-corrected chi connectivity index (χ1v) is 8.84. The molecule has 0 unspecified atom stereocenters. The highest BCUT2D eigenvalue weighted by Gasteiger charge is 2.59. The van der Waals surface area contributed by atoms with E-state index in [-0.39, 0.29) is 35.5 Å². The predicted molar refractivity (Wildman–Crippen MR) is 93.0 cm³/mol. The van der Waals surface area contributed by atoms with Crippen LogP contribution in [0, 0.1) is 23.7 Å². The maximum atomic E-state index is 12.8. The van der Waals surface area contributed by atoms with Crippen LogP contribution in [0.15, 0.2) is 48.7 Å². The Labute approximate surface area is 149 Å². The number of anilines is 1. The van der Waals surface area contributed by atoms with Gasteiger partial charge in [0.1, 0.15) is 0 Å². The molecule has 2 fully saturated rings. The standard InChI is InChI=1S/C19H16ClN3O2/c20-14-4-2-1-3-13(14)10-22-8-7-15(21-22)23-18(24)16-11-5-6-12(9-11)17(16)19(23)25/h1-8,11-12,16-17H,9-10H2/t11-,12+,16-,17-/m0/s1. The number of fused-ring (bicyclic) bond motifs is 5. The lowest BCUT2D eigenvalue weighted by Gasteiger charge is -2.14. The third-order valence-electron chi connectivity index (χ3n) is 5.62. The molecule has 2 aromatic rings. The minimum atomic E-state index is -0.198. The molecule has 0 radical (unpaired) electrons. The molecule has 0 N–H and O–H groups in total. The SMILES string of the molecule is O=C1[C@@H]2[C@@H](C(=O)N1c1ccn(Cc3ccccc3Cl)n1)[C@H]1C=C[C@@H]2C1. The molecule has 4 atom stereocenters. The van der Waals surface area contributed by atoms with Gasteiger partial charge in [-0.1, -0.05) is 42.0 Å². The Morgan fingerprint density at radius 1 is 1.04 bits per heavy atom. The van der Waals surface area contributed by atoms with Crippen LogP contribution in [-0.4, -0.2) is 21.6 Å². The molecule has 1 aromatic heterocycles. The number of hydrogen-bond acceptors (Lipinski definition) is 3. The average Bonchev–Trinajstić information content (AvgIpc) is 3.35. The van der Waals surface area contributed by atoms with Crippen LogP contribution in [0.1, 0.15) is 12.0 Å². The number of amides is 2. The van der Waals surface area contributed by atoms with Gasteiger partial charge in [0.15, 0.2) is 5.82 Å². The molecule has 1 aromatic carbocycles. The Hall–Kier alpha value is -2.40. The van der Waals surface area contributed by atoms with E-state index >= 15 is 0 Å². The van der Waals surface area contributed by atoms with E-state index in [9.17, 15) is 9.59 Å². The smallest absolute Gasteiger partial charge is 0.239 e. The van der Waals surface area contributed by atoms with Crippen molar-refractivity contribution in [2.75, 3.05) is 4.90 Å². The Balaban J connectivity index is 1.42. The van der Waals surface area contributed by atoms with Crippen molar-refractivity contribution in [1.82, 2.24) is 9.78 Å². The molecule has 1 saturated heterocycles. The van der Waals surface area contributed by atoms with Gasteiger partial charge in [-0.05, 0) is 29.9 Å². The number of allylic oxidation sites excluding steroid dienone is 2. The van der Waals surface area contributed by atoms with Gasteiger partial charge in [0.25, 0.3) is 0 Å². The second-order valence-corrected chi connectivity index (χ2v) is 7.38. The van der Waals surface area contributed by atoms with E-state index < -0.39 is 0 Å². The molecule has 2 amide bonds. The van der Waals surface area contributed by atoms with Crippen molar-refractivity contribution >= 4 is 29.2 Å². The van der Waals surface area contributed by atoms with Crippen molar-refractivity contribution in [2.45, 2.75) is 13.0 Å². The molecular weight excluding hydrogens is 338 g/mol. The average molecular weight is 354 g/mol. The number of aromatic nitrogens is 2. The van der Waals surface area contributed by atoms with Gasteiger partial charge in [0, 0.05) is 17.3 Å². The van der Waals surface area contributed by atoms with Crippen LogP contribution in [0.3, 0.4) is 0 Å². The number of halogens is 1. The lowest BCUT2D eigenvalue weighted by atomic mass is 9.85. The fourth-order valence-electron chi connectivity index (χ4n) is 4.49. The summed E-state index contributed by atoms with van der Waals surface area (Å²) < 4.78 is 1.71. The van der Waals surface area contributed by atoms with Crippen molar-refractivity contribution in [3.05, 3.63) is 59.3 Å². The molecule has 5 rings (SSSR count). The monoisotopic (exact) mass is 353 g/mol. The Morgan fingerprint density at radius 3 is 2.40 bits per heavy atom. The first kappa shape index (κ1) is 14.9. The Bertz CT molecular complexity index is 889. The normalized spacial score (nSPS) is 29.7. The van der Waals surface area contributed by atoms with E-state index in [0.717, 1.165) is 12.0 Å². The summed E-state index contributed by atoms with van der Waals surface area (Å²) in [5.41, 5.74) is 0.942. The van der Waals surface area contributed by atoms with Gasteiger partial charge in [-0.25, -0.2) is 4.90 Å². The first-order valence-electron chi connectivity index (χ1n) is 8.46. The summed E-state index contributed by atoms with van der Waals surface area (Å²) in [6, 6.07) is 9.29. The largest absolute Gasteiger partial charge is 0.274 e. The van der Waals surface area contributed by atoms with Gasteiger partial charge in [-0.15, -0.1) is 0 Å². The van der Waals surface area contributed by atoms with E-state index in [1.165, 1.54) is 4.90 Å². The molecule has 2 bridgehead atoms. The summed E-state index contributed by atoms with van der Waals surface area (Å²) >= 11 is 6.19. The van der Waals surface area contributed by atoms with Crippen molar-refractivity contribution < 1.29 is 9.59 Å². The lowest BCUT2D eigenvalue weighted by Crippen LogP contribution is -2.33. The van der Waals surface area contributed by atoms with Gasteiger partial charge in [0.05, 0.1) is 18.4 Å². The fourth-order valence-corrected chi connectivity index (χ4v) is 4.68. The summed E-state index contributed by atoms with van der Waals surface area (Å²) in [5.74, 6) is 0.233. The second-order valence-electron chi connectivity index (χ2n) is 6.97. The van der Waals surface area contributed by atoms with Gasteiger partial charge >= 0.3 is 0 Å². The van der Waals surface area contributed by atoms with Crippen molar-refractivity contribution in [1.29, 1.82) is 0 Å². The Morgan fingerprint density at radius 2 is 1.72 bits per heavy atom. The van der Waals surface area contributed by atoms with Gasteiger partial charge in [-0.2, -0.15) is 5.10 Å². The maximum Gasteiger partial charge on any atom is 0.239 e. The van der Waals surface area contributed by atoms with Crippen LogP contribution < -0.4 is 4.90 Å². The number of benzene rings is 1. The van der Waals surface area contributed by atoms with Crippen LogP contribution in [0.25, 0.3) is 0 Å². The van der Waals surface area contributed by atoms with Crippen LogP contribution in [0.5, 0.6) is 0 Å². The van der Waals surface area contributed by atoms with E-state index in [2.05, 4.69) is 17.3 Å². The third-order valence-corrected chi connectivity index (χ3v) is 5.98. The van der Waals surface area contributed by atoms with E-state index in [1.807, 2.05) is 24.3 Å². The summed E-state index contributed by atoms with van der Waals surface area (Å²) in [6.45, 7) is 0.496. The molecule has 3 aliphatic rings. The molecule has 1 saturated carbocycles. The fraction of sp³-hybridized carbons (Fsp3) is 0.316. The van der Waals surface area contributed by atoms with Crippen LogP contribution >= 0.6 is 11.6 Å². The minimum Gasteiger partial charge on any atom is -0.274 e. The van der Waals surface area contributed by atoms with Gasteiger partial charge in [-0.3, -0.25) is 14.3 Å². The molecule has 1 aliphatic heterocycles. The highest BCUT2D eigenvalue weighted by molar-refractivity contribution is 6.31. The van der Waals surface area contributed by atoms with Crippen molar-refractivity contribution in [3.8, 4) is 0 Å². The summed E-state index contributed by atoms with van der Waals surface area (Å²) in [7, 11) is 0. The summed E-state index contributed by atoms with van der Waals surface area (Å²) in [6.07, 6.45) is 6.90. The number of carbonyl (C=O) groups is 2. The summed E-state index contributed by atoms with van der Waals surface area (Å²) in [5, 5.41) is 5.12. The molecule has 2 aliphatic carbocycles. The molecule has 2 heterocycles. The van der Waals surface area contributed by atoms with E-state index in [1.54, 1.807) is 16.9 Å². The highest BCUT2D eigenvalue weighted by Crippen LogP contribution is 2.53. The second kappa shape index (κ2) is 5.30. The van der Waals surface area contributed by atoms with Gasteiger partial charge < -0.3 is 0 Å². The van der Waals surface area contributed by atoms with E-state index in [0.29, 0.717) is 17.4 Å². The van der Waals surface area contributed by atoms with Crippen molar-refractivity contribution in [2.24, 2.45) is 23.7 Å². The molecular formula is C19H16ClN3O2. The molecule has 6 heteroatoms. The number of hydrogen-bond donors (Lipinski definition) is 0. The van der Waals surface area contributed by atoms with Crippen LogP contribution in [-0.2, 0) is 16.1 Å². The predicted octanol–water partition coefficient (Wildman–Crippen LogP) is 2.90. The van der Waals surface area contributed by atoms with Crippen molar-refractivity contribution in [3.63, 3.8) is 0 Å². The van der Waals surface area contributed by atoms with Gasteiger partial charge in [0.2, 0.25) is 11.8 Å². The van der Waals surface area contributed by atoms with Crippen LogP contribution in [0.2, 0.25) is 5.02 Å². The zero-order chi connectivity index (χ0) is 17.1. The maximum absolute atomic E-state index is 12.8. The first-order chi connectivity index (χ1) is 12.1. The lowest BCUT2D eigenvalue weighted by molar-refractivity contribution is -0.123. The number of nitrogens with zero attached hydrogens (tertiary/aromatic N) is 3. The quantitative estimate of drug-likeness (QED) is 0.629. The summed E-state index contributed by atoms with van der Waals surface area (Å²) in [4.78, 5) is 26.9. The number of carbonyl (C=O) groups excluding carboxylic acids is 2. The number of rotatable bonds is 3. The topological polar surface area (TPSA) is 55.2 Å². The molecule has 126 valence electrons.